The smallest absolute Gasteiger partial charge is 0.338 e. The average Bonchev–Trinajstić information content (AvgIpc) is 3.19. The Morgan fingerprint density at radius 2 is 1.90 bits per heavy atom. The Kier molecular flexibility index (Phi) is 8.49. The quantitative estimate of drug-likeness (QED) is 0.622. The van der Waals surface area contributed by atoms with Gasteiger partial charge in [-0.05, 0) is 49.7 Å². The number of nitrogens with one attached hydrogen (secondary N) is 1. The van der Waals surface area contributed by atoms with Gasteiger partial charge in [0.25, 0.3) is 0 Å². The van der Waals surface area contributed by atoms with Crippen molar-refractivity contribution in [1.82, 2.24) is 14.4 Å². The van der Waals surface area contributed by atoms with E-state index < -0.39 is 0 Å². The van der Waals surface area contributed by atoms with Gasteiger partial charge in [0, 0.05) is 50.8 Å². The lowest BCUT2D eigenvalue weighted by Crippen LogP contribution is -2.40. The Balaban J connectivity index is 1.60. The fourth-order valence-electron chi connectivity index (χ4n) is 3.53. The number of esters is 1. The van der Waals surface area contributed by atoms with Crippen molar-refractivity contribution in [2.45, 2.75) is 19.9 Å². The molecule has 31 heavy (non-hydrogen) atoms. The van der Waals surface area contributed by atoms with E-state index in [0.29, 0.717) is 30.9 Å². The van der Waals surface area contributed by atoms with E-state index in [-0.39, 0.29) is 12.0 Å². The highest BCUT2D eigenvalue weighted by molar-refractivity contribution is 5.92. The zero-order valence-corrected chi connectivity index (χ0v) is 18.4. The van der Waals surface area contributed by atoms with Gasteiger partial charge in [-0.15, -0.1) is 0 Å². The summed E-state index contributed by atoms with van der Waals surface area (Å²) in [6.07, 6.45) is 2.87. The monoisotopic (exact) mass is 428 g/mol. The molecule has 0 saturated carbocycles. The highest BCUT2D eigenvalue weighted by Gasteiger charge is 2.17. The molecule has 2 aromatic rings. The third-order valence-electron chi connectivity index (χ3n) is 5.34. The molecule has 2 heterocycles. The number of aryl methyl sites for hydroxylation is 1. The summed E-state index contributed by atoms with van der Waals surface area (Å²) in [5, 5.41) is 2.95. The fraction of sp³-hybridized carbons (Fsp3) is 0.478. The minimum absolute atomic E-state index is 0.160. The first-order valence-corrected chi connectivity index (χ1v) is 10.8. The molecule has 1 saturated heterocycles. The van der Waals surface area contributed by atoms with Crippen molar-refractivity contribution in [2.75, 3.05) is 51.3 Å². The maximum atomic E-state index is 13.0. The molecular formula is C23H32N4O4. The predicted molar refractivity (Wildman–Crippen MR) is 119 cm³/mol. The van der Waals surface area contributed by atoms with Gasteiger partial charge in [0.1, 0.15) is 0 Å². The van der Waals surface area contributed by atoms with Crippen molar-refractivity contribution in [3.63, 3.8) is 0 Å². The summed E-state index contributed by atoms with van der Waals surface area (Å²) in [5.41, 5.74) is 2.17. The zero-order chi connectivity index (χ0) is 22.1. The highest BCUT2D eigenvalue weighted by Crippen LogP contribution is 2.14. The largest absolute Gasteiger partial charge is 0.462 e. The zero-order valence-electron chi connectivity index (χ0n) is 18.4. The van der Waals surface area contributed by atoms with Crippen LogP contribution >= 0.6 is 0 Å². The first kappa shape index (κ1) is 22.8. The standard InChI is InChI=1S/C23H32N4O4/c1-3-31-22(28)19-7-9-20(10-8-19)24-23(29)27(18-21-6-4-11-25(21)2)13-5-12-26-14-16-30-17-15-26/h4,6-11H,3,5,12-18H2,1-2H3,(H,24,29). The number of carbonyl (C=O) groups is 2. The highest BCUT2D eigenvalue weighted by atomic mass is 16.5. The van der Waals surface area contributed by atoms with Gasteiger partial charge in [-0.3, -0.25) is 4.90 Å². The number of hydrogen-bond acceptors (Lipinski definition) is 5. The van der Waals surface area contributed by atoms with Gasteiger partial charge in [-0.2, -0.15) is 0 Å². The van der Waals surface area contributed by atoms with Crippen LogP contribution in [0.2, 0.25) is 0 Å². The lowest BCUT2D eigenvalue weighted by molar-refractivity contribution is 0.0365. The summed E-state index contributed by atoms with van der Waals surface area (Å²) >= 11 is 0. The Morgan fingerprint density at radius 1 is 1.16 bits per heavy atom. The Bertz CT molecular complexity index is 844. The molecule has 8 heteroatoms. The van der Waals surface area contributed by atoms with Gasteiger partial charge in [0.2, 0.25) is 0 Å². The molecular weight excluding hydrogens is 396 g/mol. The minimum Gasteiger partial charge on any atom is -0.462 e. The van der Waals surface area contributed by atoms with Crippen LogP contribution in [0.5, 0.6) is 0 Å². The van der Waals surface area contributed by atoms with E-state index >= 15 is 0 Å². The number of morpholine rings is 1. The number of aromatic nitrogens is 1. The summed E-state index contributed by atoms with van der Waals surface area (Å²) in [4.78, 5) is 29.0. The van der Waals surface area contributed by atoms with E-state index in [1.54, 1.807) is 31.2 Å². The number of carbonyl (C=O) groups excluding carboxylic acids is 2. The van der Waals surface area contributed by atoms with E-state index in [0.717, 1.165) is 45.0 Å². The van der Waals surface area contributed by atoms with Crippen LogP contribution < -0.4 is 5.32 Å². The molecule has 0 bridgehead atoms. The van der Waals surface area contributed by atoms with Crippen LogP contribution in [0, 0.1) is 0 Å². The SMILES string of the molecule is CCOC(=O)c1ccc(NC(=O)N(CCCN2CCOCC2)Cc2cccn2C)cc1. The molecule has 0 aliphatic carbocycles. The molecule has 8 nitrogen and oxygen atoms in total. The molecule has 1 N–H and O–H groups in total. The molecule has 0 radical (unpaired) electrons. The molecule has 3 rings (SSSR count). The number of urea groups is 1. The van der Waals surface area contributed by atoms with Crippen LogP contribution in [0.25, 0.3) is 0 Å². The number of anilines is 1. The van der Waals surface area contributed by atoms with E-state index in [1.807, 2.05) is 34.8 Å². The Labute approximate surface area is 183 Å². The maximum absolute atomic E-state index is 13.0. The summed E-state index contributed by atoms with van der Waals surface area (Å²) in [6.45, 7) is 7.64. The number of nitrogens with zero attached hydrogens (tertiary/aromatic N) is 3. The van der Waals surface area contributed by atoms with Crippen LogP contribution in [-0.4, -0.2) is 72.4 Å². The molecule has 1 aliphatic rings. The van der Waals surface area contributed by atoms with Crippen molar-refractivity contribution in [2.24, 2.45) is 7.05 Å². The van der Waals surface area contributed by atoms with E-state index in [1.165, 1.54) is 0 Å². The molecule has 168 valence electrons. The third-order valence-corrected chi connectivity index (χ3v) is 5.34. The molecule has 0 atom stereocenters. The molecule has 1 aromatic carbocycles. The summed E-state index contributed by atoms with van der Waals surface area (Å²) in [6, 6.07) is 10.6. The molecule has 1 aromatic heterocycles. The van der Waals surface area contributed by atoms with Gasteiger partial charge in [-0.25, -0.2) is 9.59 Å². The number of amides is 2. The van der Waals surface area contributed by atoms with Crippen molar-refractivity contribution < 1.29 is 19.1 Å². The average molecular weight is 429 g/mol. The Morgan fingerprint density at radius 3 is 2.55 bits per heavy atom. The Hall–Kier alpha value is -2.84. The van der Waals surface area contributed by atoms with Crippen molar-refractivity contribution in [1.29, 1.82) is 0 Å². The second-order valence-corrected chi connectivity index (χ2v) is 7.57. The minimum atomic E-state index is -0.367. The first-order chi connectivity index (χ1) is 15.1. The molecule has 0 unspecified atom stereocenters. The van der Waals surface area contributed by atoms with Crippen LogP contribution in [0.15, 0.2) is 42.6 Å². The van der Waals surface area contributed by atoms with Crippen LogP contribution in [0.4, 0.5) is 10.5 Å². The lowest BCUT2D eigenvalue weighted by atomic mass is 10.2. The van der Waals surface area contributed by atoms with Crippen molar-refractivity contribution in [3.05, 3.63) is 53.9 Å². The van der Waals surface area contributed by atoms with Gasteiger partial charge in [0.15, 0.2) is 0 Å². The predicted octanol–water partition coefficient (Wildman–Crippen LogP) is 2.96. The third kappa shape index (κ3) is 6.83. The van der Waals surface area contributed by atoms with Gasteiger partial charge >= 0.3 is 12.0 Å². The molecule has 1 fully saturated rings. The van der Waals surface area contributed by atoms with Crippen LogP contribution in [0.1, 0.15) is 29.4 Å². The summed E-state index contributed by atoms with van der Waals surface area (Å²) < 4.78 is 12.4. The number of rotatable bonds is 9. The van der Waals surface area contributed by atoms with Crippen molar-refractivity contribution in [3.8, 4) is 0 Å². The maximum Gasteiger partial charge on any atom is 0.338 e. The van der Waals surface area contributed by atoms with Crippen LogP contribution in [-0.2, 0) is 23.1 Å². The van der Waals surface area contributed by atoms with Gasteiger partial charge in [-0.1, -0.05) is 0 Å². The van der Waals surface area contributed by atoms with Gasteiger partial charge in [0.05, 0.1) is 31.9 Å². The lowest BCUT2D eigenvalue weighted by Gasteiger charge is -2.28. The van der Waals surface area contributed by atoms with E-state index in [2.05, 4.69) is 10.2 Å². The number of hydrogen-bond donors (Lipinski definition) is 1. The van der Waals surface area contributed by atoms with Crippen LogP contribution in [0.3, 0.4) is 0 Å². The number of ether oxygens (including phenoxy) is 2. The summed E-state index contributed by atoms with van der Waals surface area (Å²) in [5.74, 6) is -0.367. The normalized spacial score (nSPS) is 14.3. The summed E-state index contributed by atoms with van der Waals surface area (Å²) in [7, 11) is 1.98. The number of benzene rings is 1. The second kappa shape index (κ2) is 11.5. The van der Waals surface area contributed by atoms with Gasteiger partial charge < -0.3 is 24.3 Å². The molecule has 2 amide bonds. The van der Waals surface area contributed by atoms with E-state index in [9.17, 15) is 9.59 Å². The van der Waals surface area contributed by atoms with Crippen molar-refractivity contribution >= 4 is 17.7 Å². The topological polar surface area (TPSA) is 76.0 Å². The molecule has 1 aliphatic heterocycles. The first-order valence-electron chi connectivity index (χ1n) is 10.8. The fourth-order valence-corrected chi connectivity index (χ4v) is 3.53. The molecule has 0 spiro atoms. The second-order valence-electron chi connectivity index (χ2n) is 7.57. The van der Waals surface area contributed by atoms with E-state index in [4.69, 9.17) is 9.47 Å².